The van der Waals surface area contributed by atoms with E-state index in [1.54, 1.807) is 6.08 Å². The molecule has 1 rings (SSSR count). The number of rotatable bonds is 1. The summed E-state index contributed by atoms with van der Waals surface area (Å²) in [6.07, 6.45) is -4.07. The molecule has 0 radical (unpaired) electrons. The third kappa shape index (κ3) is 2.24. The fourth-order valence-corrected chi connectivity index (χ4v) is 1.27. The number of hydrogen-bond acceptors (Lipinski definition) is 5. The molecule has 0 aromatic carbocycles. The summed E-state index contributed by atoms with van der Waals surface area (Å²) in [7, 11) is 0. The highest BCUT2D eigenvalue weighted by Gasteiger charge is 2.40. The molecule has 1 aliphatic rings. The van der Waals surface area contributed by atoms with Crippen LogP contribution < -0.4 is 0 Å². The zero-order chi connectivity index (χ0) is 10.9. The lowest BCUT2D eigenvalue weighted by Crippen LogP contribution is -2.51. The predicted octanol–water partition coefficient (Wildman–Crippen LogP) is -1.04. The van der Waals surface area contributed by atoms with Crippen LogP contribution in [0.5, 0.6) is 0 Å². The van der Waals surface area contributed by atoms with Gasteiger partial charge in [-0.25, -0.2) is 0 Å². The number of allylic oxidation sites excluding steroid dienone is 1. The topological polar surface area (TPSA) is 90.2 Å². The Balaban J connectivity index is 2.80. The van der Waals surface area contributed by atoms with E-state index in [0.717, 1.165) is 0 Å². The number of aliphatic hydroxyl groups is 4. The van der Waals surface area contributed by atoms with Gasteiger partial charge in [-0.15, -0.1) is 0 Å². The summed E-state index contributed by atoms with van der Waals surface area (Å²) in [6.45, 7) is 3.74. The fourth-order valence-electron chi connectivity index (χ4n) is 1.27. The highest BCUT2D eigenvalue weighted by atomic mass is 16.6. The van der Waals surface area contributed by atoms with E-state index in [1.165, 1.54) is 0 Å². The molecule has 1 saturated heterocycles. The first-order chi connectivity index (χ1) is 6.43. The van der Waals surface area contributed by atoms with Crippen molar-refractivity contribution >= 4 is 0 Å². The maximum absolute atomic E-state index is 9.46. The molecule has 0 aromatic heterocycles. The molecule has 1 heterocycles. The first-order valence-electron chi connectivity index (χ1n) is 4.54. The Bertz CT molecular complexity index is 225. The molecule has 0 amide bonds. The van der Waals surface area contributed by atoms with E-state index in [0.29, 0.717) is 0 Å². The lowest BCUT2D eigenvalue weighted by Gasteiger charge is -2.34. The molecule has 5 nitrogen and oxygen atoms in total. The molecule has 1 aliphatic heterocycles. The molecule has 0 bridgehead atoms. The van der Waals surface area contributed by atoms with Crippen LogP contribution in [0.1, 0.15) is 13.8 Å². The standard InChI is InChI=1S/C9H16O5/c1-4(2)3-5-6(10)7(11)8(12)9(13)14-5/h3-4,6-13H,1-2H3/b5-3+/t6-,7+,8-,9?/m0/s1. The van der Waals surface area contributed by atoms with Gasteiger partial charge in [-0.05, 0) is 12.0 Å². The molecule has 5 heteroatoms. The van der Waals surface area contributed by atoms with Gasteiger partial charge in [0.15, 0.2) is 0 Å². The van der Waals surface area contributed by atoms with Gasteiger partial charge < -0.3 is 25.2 Å². The minimum Gasteiger partial charge on any atom is -0.464 e. The Morgan fingerprint density at radius 1 is 1.14 bits per heavy atom. The lowest BCUT2D eigenvalue weighted by molar-refractivity contribution is -0.224. The average molecular weight is 204 g/mol. The van der Waals surface area contributed by atoms with Gasteiger partial charge in [0.25, 0.3) is 0 Å². The van der Waals surface area contributed by atoms with Gasteiger partial charge in [0.2, 0.25) is 6.29 Å². The Hall–Kier alpha value is -0.620. The van der Waals surface area contributed by atoms with Gasteiger partial charge in [0.05, 0.1) is 0 Å². The predicted molar refractivity (Wildman–Crippen MR) is 48.0 cm³/mol. The van der Waals surface area contributed by atoms with E-state index < -0.39 is 24.6 Å². The van der Waals surface area contributed by atoms with Crippen LogP contribution in [-0.4, -0.2) is 45.0 Å². The smallest absolute Gasteiger partial charge is 0.226 e. The monoisotopic (exact) mass is 204 g/mol. The minimum atomic E-state index is -1.49. The van der Waals surface area contributed by atoms with E-state index in [9.17, 15) is 10.2 Å². The van der Waals surface area contributed by atoms with E-state index in [2.05, 4.69) is 0 Å². The molecule has 1 unspecified atom stereocenters. The lowest BCUT2D eigenvalue weighted by atomic mass is 10.0. The van der Waals surface area contributed by atoms with Crippen LogP contribution in [0.3, 0.4) is 0 Å². The maximum atomic E-state index is 9.46. The third-order valence-corrected chi connectivity index (χ3v) is 2.01. The van der Waals surface area contributed by atoms with Crippen molar-refractivity contribution in [3.05, 3.63) is 11.8 Å². The normalized spacial score (nSPS) is 41.5. The molecule has 0 aliphatic carbocycles. The van der Waals surface area contributed by atoms with Crippen LogP contribution >= 0.6 is 0 Å². The SMILES string of the molecule is CC(C)/C=C1/OC(O)[C@@H](O)[C@H](O)[C@H]1O. The van der Waals surface area contributed by atoms with Crippen molar-refractivity contribution < 1.29 is 25.2 Å². The van der Waals surface area contributed by atoms with E-state index >= 15 is 0 Å². The molecular formula is C9H16O5. The Labute approximate surface area is 82.3 Å². The molecule has 4 N–H and O–H groups in total. The van der Waals surface area contributed by atoms with Crippen LogP contribution in [-0.2, 0) is 4.74 Å². The third-order valence-electron chi connectivity index (χ3n) is 2.01. The zero-order valence-electron chi connectivity index (χ0n) is 8.16. The molecule has 1 fully saturated rings. The molecule has 0 saturated carbocycles. The largest absolute Gasteiger partial charge is 0.464 e. The van der Waals surface area contributed by atoms with Gasteiger partial charge >= 0.3 is 0 Å². The Morgan fingerprint density at radius 2 is 1.71 bits per heavy atom. The van der Waals surface area contributed by atoms with Crippen molar-refractivity contribution in [2.45, 2.75) is 38.4 Å². The minimum absolute atomic E-state index is 0.102. The Morgan fingerprint density at radius 3 is 2.21 bits per heavy atom. The van der Waals surface area contributed by atoms with E-state index in [1.807, 2.05) is 13.8 Å². The van der Waals surface area contributed by atoms with Crippen molar-refractivity contribution in [1.82, 2.24) is 0 Å². The summed E-state index contributed by atoms with van der Waals surface area (Å²) in [5, 5.41) is 37.1. The van der Waals surface area contributed by atoms with Gasteiger partial charge in [-0.2, -0.15) is 0 Å². The zero-order valence-corrected chi connectivity index (χ0v) is 8.16. The summed E-state index contributed by atoms with van der Waals surface area (Å²) in [5.74, 6) is 0.222. The van der Waals surface area contributed by atoms with Crippen LogP contribution in [0.25, 0.3) is 0 Å². The van der Waals surface area contributed by atoms with Crippen molar-refractivity contribution in [2.75, 3.05) is 0 Å². The quantitative estimate of drug-likeness (QED) is 0.438. The fraction of sp³-hybridized carbons (Fsp3) is 0.778. The van der Waals surface area contributed by atoms with Gasteiger partial charge in [-0.1, -0.05) is 13.8 Å². The first kappa shape index (κ1) is 11.5. The molecule has 0 aromatic rings. The number of hydrogen-bond donors (Lipinski definition) is 4. The summed E-state index contributed by atoms with van der Waals surface area (Å²) < 4.78 is 4.85. The van der Waals surface area contributed by atoms with Crippen molar-refractivity contribution in [3.8, 4) is 0 Å². The van der Waals surface area contributed by atoms with Gasteiger partial charge in [0.1, 0.15) is 24.1 Å². The summed E-state index contributed by atoms with van der Waals surface area (Å²) >= 11 is 0. The van der Waals surface area contributed by atoms with E-state index in [-0.39, 0.29) is 11.7 Å². The second kappa shape index (κ2) is 4.27. The van der Waals surface area contributed by atoms with Crippen LogP contribution in [0.4, 0.5) is 0 Å². The second-order valence-electron chi connectivity index (χ2n) is 3.75. The molecule has 14 heavy (non-hydrogen) atoms. The van der Waals surface area contributed by atoms with Crippen LogP contribution in [0.2, 0.25) is 0 Å². The molecule has 4 atom stereocenters. The van der Waals surface area contributed by atoms with Crippen molar-refractivity contribution in [3.63, 3.8) is 0 Å². The Kier molecular flexibility index (Phi) is 3.49. The van der Waals surface area contributed by atoms with Gasteiger partial charge in [-0.3, -0.25) is 0 Å². The molecule has 82 valence electrons. The van der Waals surface area contributed by atoms with Crippen LogP contribution in [0.15, 0.2) is 11.8 Å². The molecular weight excluding hydrogens is 188 g/mol. The first-order valence-corrected chi connectivity index (χ1v) is 4.54. The highest BCUT2D eigenvalue weighted by Crippen LogP contribution is 2.23. The highest BCUT2D eigenvalue weighted by molar-refractivity contribution is 5.08. The molecule has 0 spiro atoms. The summed E-state index contributed by atoms with van der Waals surface area (Å²) in [5.41, 5.74) is 0. The van der Waals surface area contributed by atoms with E-state index in [4.69, 9.17) is 14.9 Å². The number of ether oxygens (including phenoxy) is 1. The summed E-state index contributed by atoms with van der Waals surface area (Å²) in [4.78, 5) is 0. The van der Waals surface area contributed by atoms with Crippen LogP contribution in [0, 0.1) is 5.92 Å². The average Bonchev–Trinajstić information content (AvgIpc) is 2.10. The summed E-state index contributed by atoms with van der Waals surface area (Å²) in [6, 6.07) is 0. The number of aliphatic hydroxyl groups excluding tert-OH is 4. The van der Waals surface area contributed by atoms with Crippen molar-refractivity contribution in [2.24, 2.45) is 5.92 Å². The van der Waals surface area contributed by atoms with Crippen molar-refractivity contribution in [1.29, 1.82) is 0 Å². The second-order valence-corrected chi connectivity index (χ2v) is 3.75. The van der Waals surface area contributed by atoms with Gasteiger partial charge in [0, 0.05) is 0 Å². The maximum Gasteiger partial charge on any atom is 0.226 e.